The number of hydrogen-bond donors (Lipinski definition) is 1. The van der Waals surface area contributed by atoms with E-state index in [4.69, 9.17) is 0 Å². The summed E-state index contributed by atoms with van der Waals surface area (Å²) >= 11 is 0. The van der Waals surface area contributed by atoms with Gasteiger partial charge in [0.1, 0.15) is 23.6 Å². The molecular formula is C18H14N4O2. The summed E-state index contributed by atoms with van der Waals surface area (Å²) in [5.74, 6) is 0.337. The first kappa shape index (κ1) is 15.4. The lowest BCUT2D eigenvalue weighted by molar-refractivity contribution is -0.385. The number of fused-ring (bicyclic) bond motifs is 1. The molecule has 2 aromatic carbocycles. The van der Waals surface area contributed by atoms with Crippen LogP contribution < -0.4 is 5.32 Å². The Bertz CT molecular complexity index is 963. The number of nitro groups is 1. The van der Waals surface area contributed by atoms with E-state index in [-0.39, 0.29) is 17.3 Å². The zero-order valence-corrected chi connectivity index (χ0v) is 12.9. The number of nitrogens with one attached hydrogen (secondary N) is 1. The number of pyridine rings is 1. The molecule has 0 fully saturated rings. The monoisotopic (exact) mass is 318 g/mol. The van der Waals surface area contributed by atoms with Gasteiger partial charge in [-0.15, -0.1) is 0 Å². The lowest BCUT2D eigenvalue weighted by atomic mass is 10.0. The van der Waals surface area contributed by atoms with Crippen molar-refractivity contribution in [3.05, 3.63) is 76.0 Å². The van der Waals surface area contributed by atoms with E-state index in [2.05, 4.69) is 16.4 Å². The number of anilines is 1. The molecule has 6 heteroatoms. The third-order valence-electron chi connectivity index (χ3n) is 3.83. The van der Waals surface area contributed by atoms with Gasteiger partial charge >= 0.3 is 0 Å². The Morgan fingerprint density at radius 3 is 2.67 bits per heavy atom. The lowest BCUT2D eigenvalue weighted by Gasteiger charge is -2.16. The zero-order chi connectivity index (χ0) is 17.1. The second-order valence-corrected chi connectivity index (χ2v) is 5.43. The van der Waals surface area contributed by atoms with Gasteiger partial charge < -0.3 is 5.32 Å². The number of aromatic nitrogens is 1. The summed E-state index contributed by atoms with van der Waals surface area (Å²) in [6.45, 7) is 1.95. The van der Waals surface area contributed by atoms with E-state index in [0.717, 1.165) is 22.5 Å². The predicted molar refractivity (Wildman–Crippen MR) is 91.6 cm³/mol. The van der Waals surface area contributed by atoms with Crippen LogP contribution in [0.3, 0.4) is 0 Å². The maximum Gasteiger partial charge on any atom is 0.289 e. The summed E-state index contributed by atoms with van der Waals surface area (Å²) in [4.78, 5) is 14.2. The smallest absolute Gasteiger partial charge is 0.289 e. The minimum Gasteiger partial charge on any atom is -0.362 e. The highest BCUT2D eigenvalue weighted by Gasteiger charge is 2.14. The predicted octanol–water partition coefficient (Wildman–Crippen LogP) is 4.19. The Kier molecular flexibility index (Phi) is 4.08. The highest BCUT2D eigenvalue weighted by atomic mass is 16.6. The van der Waals surface area contributed by atoms with Crippen molar-refractivity contribution in [3.8, 4) is 6.07 Å². The van der Waals surface area contributed by atoms with E-state index in [1.165, 1.54) is 6.07 Å². The minimum atomic E-state index is -0.565. The van der Waals surface area contributed by atoms with Crippen LogP contribution >= 0.6 is 0 Å². The van der Waals surface area contributed by atoms with E-state index in [1.807, 2.05) is 49.4 Å². The SMILES string of the molecule is C[C@@H](Nc1ncc([N+](=O)[O-])cc1C#N)c1ccc2ccccc2c1. The van der Waals surface area contributed by atoms with Gasteiger partial charge in [-0.3, -0.25) is 10.1 Å². The fourth-order valence-electron chi connectivity index (χ4n) is 2.52. The molecule has 1 N–H and O–H groups in total. The van der Waals surface area contributed by atoms with E-state index in [9.17, 15) is 15.4 Å². The van der Waals surface area contributed by atoms with E-state index in [0.29, 0.717) is 5.82 Å². The molecular weight excluding hydrogens is 304 g/mol. The van der Waals surface area contributed by atoms with Gasteiger partial charge in [0.15, 0.2) is 0 Å². The fraction of sp³-hybridized carbons (Fsp3) is 0.111. The second-order valence-electron chi connectivity index (χ2n) is 5.43. The van der Waals surface area contributed by atoms with Gasteiger partial charge in [-0.2, -0.15) is 5.26 Å². The molecule has 3 rings (SSSR count). The molecule has 0 aliphatic rings. The summed E-state index contributed by atoms with van der Waals surface area (Å²) in [7, 11) is 0. The maximum absolute atomic E-state index is 10.8. The molecule has 118 valence electrons. The number of nitrogens with zero attached hydrogens (tertiary/aromatic N) is 3. The van der Waals surface area contributed by atoms with Gasteiger partial charge in [-0.1, -0.05) is 36.4 Å². The quantitative estimate of drug-likeness (QED) is 0.575. The molecule has 0 amide bonds. The summed E-state index contributed by atoms with van der Waals surface area (Å²) in [6, 6.07) is 17.2. The van der Waals surface area contributed by atoms with Crippen LogP contribution in [0.5, 0.6) is 0 Å². The van der Waals surface area contributed by atoms with Crippen molar-refractivity contribution in [2.75, 3.05) is 5.32 Å². The third kappa shape index (κ3) is 3.01. The molecule has 0 bridgehead atoms. The Balaban J connectivity index is 1.89. The third-order valence-corrected chi connectivity index (χ3v) is 3.83. The van der Waals surface area contributed by atoms with Crippen LogP contribution in [0.25, 0.3) is 10.8 Å². The molecule has 0 unspecified atom stereocenters. The number of nitriles is 1. The van der Waals surface area contributed by atoms with E-state index in [1.54, 1.807) is 0 Å². The summed E-state index contributed by atoms with van der Waals surface area (Å²) < 4.78 is 0. The molecule has 24 heavy (non-hydrogen) atoms. The largest absolute Gasteiger partial charge is 0.362 e. The molecule has 3 aromatic rings. The normalized spacial score (nSPS) is 11.7. The van der Waals surface area contributed by atoms with Crippen LogP contribution in [0, 0.1) is 21.4 Å². The molecule has 1 heterocycles. The van der Waals surface area contributed by atoms with Crippen molar-refractivity contribution in [2.24, 2.45) is 0 Å². The van der Waals surface area contributed by atoms with Crippen molar-refractivity contribution in [1.82, 2.24) is 4.98 Å². The van der Waals surface area contributed by atoms with Crippen molar-refractivity contribution in [2.45, 2.75) is 13.0 Å². The van der Waals surface area contributed by atoms with Crippen LogP contribution in [0.1, 0.15) is 24.1 Å². The first-order valence-corrected chi connectivity index (χ1v) is 7.38. The molecule has 1 aromatic heterocycles. The topological polar surface area (TPSA) is 91.8 Å². The van der Waals surface area contributed by atoms with Crippen molar-refractivity contribution < 1.29 is 4.92 Å². The van der Waals surface area contributed by atoms with Crippen LogP contribution in [-0.4, -0.2) is 9.91 Å². The molecule has 1 atom stereocenters. The first-order valence-electron chi connectivity index (χ1n) is 7.38. The van der Waals surface area contributed by atoms with Gasteiger partial charge in [0.25, 0.3) is 5.69 Å². The average molecular weight is 318 g/mol. The van der Waals surface area contributed by atoms with Crippen LogP contribution in [0.2, 0.25) is 0 Å². The first-order chi connectivity index (χ1) is 11.6. The van der Waals surface area contributed by atoms with Gasteiger partial charge in [-0.05, 0) is 29.3 Å². The van der Waals surface area contributed by atoms with Crippen LogP contribution in [-0.2, 0) is 0 Å². The number of rotatable bonds is 4. The fourth-order valence-corrected chi connectivity index (χ4v) is 2.52. The summed E-state index contributed by atoms with van der Waals surface area (Å²) in [6.07, 6.45) is 1.15. The van der Waals surface area contributed by atoms with Gasteiger partial charge in [0.05, 0.1) is 11.0 Å². The standard InChI is InChI=1S/C18H14N4O2/c1-12(14-7-6-13-4-2-3-5-15(13)8-14)21-18-16(10-19)9-17(11-20-18)22(23)24/h2-9,11-12H,1H3,(H,20,21)/t12-/m1/s1. The Hall–Kier alpha value is -3.46. The van der Waals surface area contributed by atoms with Crippen molar-refractivity contribution in [1.29, 1.82) is 5.26 Å². The Morgan fingerprint density at radius 1 is 1.21 bits per heavy atom. The van der Waals surface area contributed by atoms with E-state index >= 15 is 0 Å². The molecule has 0 saturated carbocycles. The molecule has 6 nitrogen and oxygen atoms in total. The van der Waals surface area contributed by atoms with Crippen LogP contribution in [0.15, 0.2) is 54.7 Å². The van der Waals surface area contributed by atoms with Gasteiger partial charge in [-0.25, -0.2) is 4.98 Å². The van der Waals surface area contributed by atoms with Crippen LogP contribution in [0.4, 0.5) is 11.5 Å². The van der Waals surface area contributed by atoms with Gasteiger partial charge in [0, 0.05) is 6.07 Å². The lowest BCUT2D eigenvalue weighted by Crippen LogP contribution is -2.09. The minimum absolute atomic E-state index is 0.101. The summed E-state index contributed by atoms with van der Waals surface area (Å²) in [5, 5.41) is 25.4. The molecule has 0 aliphatic carbocycles. The average Bonchev–Trinajstić information content (AvgIpc) is 2.61. The Morgan fingerprint density at radius 2 is 1.96 bits per heavy atom. The van der Waals surface area contributed by atoms with Gasteiger partial charge in [0.2, 0.25) is 0 Å². The highest BCUT2D eigenvalue weighted by Crippen LogP contribution is 2.25. The number of hydrogen-bond acceptors (Lipinski definition) is 5. The summed E-state index contributed by atoms with van der Waals surface area (Å²) in [5.41, 5.74) is 0.991. The number of benzene rings is 2. The molecule has 0 saturated heterocycles. The second kappa shape index (κ2) is 6.34. The Labute approximate surface area is 138 Å². The molecule has 0 aliphatic heterocycles. The highest BCUT2D eigenvalue weighted by molar-refractivity contribution is 5.83. The van der Waals surface area contributed by atoms with E-state index < -0.39 is 4.92 Å². The molecule has 0 spiro atoms. The maximum atomic E-state index is 10.8. The van der Waals surface area contributed by atoms with Crippen molar-refractivity contribution >= 4 is 22.3 Å². The van der Waals surface area contributed by atoms with Crippen molar-refractivity contribution in [3.63, 3.8) is 0 Å². The molecule has 0 radical (unpaired) electrons. The zero-order valence-electron chi connectivity index (χ0n) is 12.9.